The Kier molecular flexibility index (Phi) is 4.09. The minimum atomic E-state index is -1.08. The molecule has 3 N–H and O–H groups in total. The molecule has 1 aliphatic rings. The molecule has 5 nitrogen and oxygen atoms in total. The highest BCUT2D eigenvalue weighted by Gasteiger charge is 2.45. The topological polar surface area (TPSA) is 76.7 Å². The summed E-state index contributed by atoms with van der Waals surface area (Å²) >= 11 is 3.41. The summed E-state index contributed by atoms with van der Waals surface area (Å²) in [4.78, 5) is 17.1. The number of carbonyl (C=O) groups excluding carboxylic acids is 1. The highest BCUT2D eigenvalue weighted by atomic mass is 79.9. The van der Waals surface area contributed by atoms with Crippen molar-refractivity contribution < 1.29 is 9.53 Å². The van der Waals surface area contributed by atoms with Gasteiger partial charge in [0.15, 0.2) is 11.5 Å². The monoisotopic (exact) mass is 373 g/mol. The first-order valence-electron chi connectivity index (χ1n) is 7.09. The van der Waals surface area contributed by atoms with Crippen molar-refractivity contribution in [3.8, 4) is 5.75 Å². The van der Waals surface area contributed by atoms with Crippen LogP contribution in [-0.4, -0.2) is 19.0 Å². The van der Waals surface area contributed by atoms with Gasteiger partial charge in [0.25, 0.3) is 5.91 Å². The average Bonchev–Trinajstić information content (AvgIpc) is 2.84. The van der Waals surface area contributed by atoms with Crippen LogP contribution in [0.25, 0.3) is 0 Å². The van der Waals surface area contributed by atoms with Crippen molar-refractivity contribution >= 4 is 27.8 Å². The number of aliphatic imine (C=N–C) groups is 1. The Balaban J connectivity index is 2.08. The molecular formula is C17H16BrN3O2. The Hall–Kier alpha value is -2.34. The SMILES string of the molecule is COc1cccc([C@@]2(Cc3ccc(Br)cc3)N=C(N)NC2=O)c1. The fraction of sp³-hybridized carbons (Fsp3) is 0.176. The van der Waals surface area contributed by atoms with Crippen LogP contribution in [0.5, 0.6) is 5.75 Å². The molecule has 2 aromatic rings. The number of nitrogens with zero attached hydrogens (tertiary/aromatic N) is 1. The Bertz CT molecular complexity index is 774. The molecule has 0 unspecified atom stereocenters. The number of hydrogen-bond donors (Lipinski definition) is 2. The predicted molar refractivity (Wildman–Crippen MR) is 92.3 cm³/mol. The number of nitrogens with one attached hydrogen (secondary N) is 1. The second kappa shape index (κ2) is 6.04. The molecule has 1 atom stereocenters. The number of amides is 1. The van der Waals surface area contributed by atoms with E-state index in [1.165, 1.54) is 0 Å². The van der Waals surface area contributed by atoms with E-state index in [1.807, 2.05) is 48.5 Å². The van der Waals surface area contributed by atoms with Gasteiger partial charge < -0.3 is 10.5 Å². The summed E-state index contributed by atoms with van der Waals surface area (Å²) in [6, 6.07) is 15.2. The molecule has 0 fully saturated rings. The normalized spacial score (nSPS) is 20.1. The first kappa shape index (κ1) is 15.6. The summed E-state index contributed by atoms with van der Waals surface area (Å²) in [5, 5.41) is 2.61. The highest BCUT2D eigenvalue weighted by molar-refractivity contribution is 9.10. The third kappa shape index (κ3) is 2.94. The van der Waals surface area contributed by atoms with Crippen molar-refractivity contribution in [1.82, 2.24) is 5.32 Å². The Morgan fingerprint density at radius 2 is 2.00 bits per heavy atom. The van der Waals surface area contributed by atoms with Crippen molar-refractivity contribution in [1.29, 1.82) is 0 Å². The molecule has 0 aliphatic carbocycles. The Morgan fingerprint density at radius 1 is 1.26 bits per heavy atom. The van der Waals surface area contributed by atoms with Crippen LogP contribution in [0.3, 0.4) is 0 Å². The van der Waals surface area contributed by atoms with Crippen LogP contribution >= 0.6 is 15.9 Å². The van der Waals surface area contributed by atoms with Crippen molar-refractivity contribution in [3.05, 3.63) is 64.1 Å². The van der Waals surface area contributed by atoms with Crippen LogP contribution in [0.1, 0.15) is 11.1 Å². The number of carbonyl (C=O) groups is 1. The van der Waals surface area contributed by atoms with E-state index >= 15 is 0 Å². The molecule has 0 saturated heterocycles. The number of ether oxygens (including phenoxy) is 1. The van der Waals surface area contributed by atoms with E-state index in [0.29, 0.717) is 12.2 Å². The Labute approximate surface area is 142 Å². The van der Waals surface area contributed by atoms with Gasteiger partial charge in [0.1, 0.15) is 5.75 Å². The van der Waals surface area contributed by atoms with Gasteiger partial charge in [-0.15, -0.1) is 0 Å². The van der Waals surface area contributed by atoms with Crippen LogP contribution in [0.2, 0.25) is 0 Å². The van der Waals surface area contributed by atoms with E-state index in [1.54, 1.807) is 7.11 Å². The minimum Gasteiger partial charge on any atom is -0.497 e. The van der Waals surface area contributed by atoms with Crippen molar-refractivity contribution in [2.24, 2.45) is 10.7 Å². The molecule has 1 amide bonds. The van der Waals surface area contributed by atoms with Crippen molar-refractivity contribution in [2.75, 3.05) is 7.11 Å². The lowest BCUT2D eigenvalue weighted by Gasteiger charge is -2.24. The molecule has 1 aliphatic heterocycles. The maximum atomic E-state index is 12.6. The van der Waals surface area contributed by atoms with E-state index < -0.39 is 5.54 Å². The summed E-state index contributed by atoms with van der Waals surface area (Å²) in [7, 11) is 1.59. The maximum absolute atomic E-state index is 12.6. The molecule has 6 heteroatoms. The van der Waals surface area contributed by atoms with Crippen LogP contribution in [0.15, 0.2) is 58.0 Å². The summed E-state index contributed by atoms with van der Waals surface area (Å²) in [5.74, 6) is 0.576. The van der Waals surface area contributed by atoms with Crippen LogP contribution < -0.4 is 15.8 Å². The zero-order valence-corrected chi connectivity index (χ0v) is 14.1. The number of nitrogens with two attached hydrogens (primary N) is 1. The number of rotatable bonds is 4. The van der Waals surface area contributed by atoms with Gasteiger partial charge in [0.2, 0.25) is 0 Å². The number of halogens is 1. The van der Waals surface area contributed by atoms with E-state index in [0.717, 1.165) is 15.6 Å². The molecule has 118 valence electrons. The predicted octanol–water partition coefficient (Wildman–Crippen LogP) is 2.34. The number of guanidine groups is 1. The van der Waals surface area contributed by atoms with Crippen LogP contribution in [0, 0.1) is 0 Å². The maximum Gasteiger partial charge on any atom is 0.259 e. The third-order valence-electron chi connectivity index (χ3n) is 3.85. The number of benzene rings is 2. The molecule has 3 rings (SSSR count). The fourth-order valence-corrected chi connectivity index (χ4v) is 2.96. The average molecular weight is 374 g/mol. The van der Waals surface area contributed by atoms with E-state index in [9.17, 15) is 4.79 Å². The lowest BCUT2D eigenvalue weighted by molar-refractivity contribution is -0.124. The summed E-state index contributed by atoms with van der Waals surface area (Å²) in [6.45, 7) is 0. The molecule has 0 aromatic heterocycles. The molecule has 0 saturated carbocycles. The molecule has 2 aromatic carbocycles. The van der Waals surface area contributed by atoms with Crippen molar-refractivity contribution in [3.63, 3.8) is 0 Å². The minimum absolute atomic E-state index is 0.134. The summed E-state index contributed by atoms with van der Waals surface area (Å²) in [5.41, 5.74) is 6.43. The van der Waals surface area contributed by atoms with Crippen LogP contribution in [-0.2, 0) is 16.8 Å². The quantitative estimate of drug-likeness (QED) is 0.863. The van der Waals surface area contributed by atoms with E-state index in [2.05, 4.69) is 26.2 Å². The standard InChI is InChI=1S/C17H16BrN3O2/c1-23-14-4-2-3-12(9-14)17(15(22)20-16(19)21-17)10-11-5-7-13(18)8-6-11/h2-9H,10H2,1H3,(H3,19,20,21,22)/t17-/m1/s1. The fourth-order valence-electron chi connectivity index (χ4n) is 2.70. The first-order chi connectivity index (χ1) is 11.0. The van der Waals surface area contributed by atoms with Gasteiger partial charge in [-0.25, -0.2) is 4.99 Å². The molecular weight excluding hydrogens is 358 g/mol. The van der Waals surface area contributed by atoms with Crippen molar-refractivity contribution in [2.45, 2.75) is 12.0 Å². The molecule has 0 bridgehead atoms. The lowest BCUT2D eigenvalue weighted by Crippen LogP contribution is -2.40. The van der Waals surface area contributed by atoms with E-state index in [-0.39, 0.29) is 11.9 Å². The van der Waals surface area contributed by atoms with Gasteiger partial charge in [-0.05, 0) is 35.4 Å². The summed E-state index contributed by atoms with van der Waals surface area (Å²) < 4.78 is 6.25. The van der Waals surface area contributed by atoms with Gasteiger partial charge in [-0.2, -0.15) is 0 Å². The van der Waals surface area contributed by atoms with Gasteiger partial charge in [0, 0.05) is 10.9 Å². The Morgan fingerprint density at radius 3 is 2.61 bits per heavy atom. The van der Waals surface area contributed by atoms with Crippen LogP contribution in [0.4, 0.5) is 0 Å². The zero-order valence-electron chi connectivity index (χ0n) is 12.5. The second-order valence-corrected chi connectivity index (χ2v) is 6.26. The number of hydrogen-bond acceptors (Lipinski definition) is 4. The van der Waals surface area contributed by atoms with Gasteiger partial charge in [-0.3, -0.25) is 10.1 Å². The van der Waals surface area contributed by atoms with Gasteiger partial charge in [0.05, 0.1) is 7.11 Å². The zero-order chi connectivity index (χ0) is 16.4. The smallest absolute Gasteiger partial charge is 0.259 e. The first-order valence-corrected chi connectivity index (χ1v) is 7.88. The third-order valence-corrected chi connectivity index (χ3v) is 4.38. The largest absolute Gasteiger partial charge is 0.497 e. The molecule has 0 radical (unpaired) electrons. The second-order valence-electron chi connectivity index (χ2n) is 5.35. The molecule has 0 spiro atoms. The van der Waals surface area contributed by atoms with Gasteiger partial charge in [-0.1, -0.05) is 40.2 Å². The van der Waals surface area contributed by atoms with Gasteiger partial charge >= 0.3 is 0 Å². The summed E-state index contributed by atoms with van der Waals surface area (Å²) in [6.07, 6.45) is 0.417. The highest BCUT2D eigenvalue weighted by Crippen LogP contribution is 2.35. The lowest BCUT2D eigenvalue weighted by atomic mass is 9.84. The van der Waals surface area contributed by atoms with E-state index in [4.69, 9.17) is 10.5 Å². The molecule has 1 heterocycles. The molecule has 23 heavy (non-hydrogen) atoms. The number of methoxy groups -OCH3 is 1.